The Labute approximate surface area is 239 Å². The van der Waals surface area contributed by atoms with Gasteiger partial charge in [0.15, 0.2) is 0 Å². The van der Waals surface area contributed by atoms with E-state index in [0.29, 0.717) is 25.4 Å². The first-order chi connectivity index (χ1) is 19.0. The van der Waals surface area contributed by atoms with E-state index in [2.05, 4.69) is 0 Å². The number of para-hydroxylation sites is 2. The summed E-state index contributed by atoms with van der Waals surface area (Å²) >= 11 is 13.6. The van der Waals surface area contributed by atoms with E-state index in [1.807, 2.05) is 115 Å². The third kappa shape index (κ3) is 4.88. The zero-order valence-electron chi connectivity index (χ0n) is 20.5. The first-order valence-corrected chi connectivity index (χ1v) is 13.8. The van der Waals surface area contributed by atoms with Crippen molar-refractivity contribution in [2.75, 3.05) is 10.6 Å². The Morgan fingerprint density at radius 2 is 1.23 bits per heavy atom. The van der Waals surface area contributed by atoms with Crippen LogP contribution >= 0.6 is 34.5 Å². The van der Waals surface area contributed by atoms with Gasteiger partial charge in [0.05, 0.1) is 11.4 Å². The largest absolute Gasteiger partial charge is 0.397 e. The fourth-order valence-corrected chi connectivity index (χ4v) is 5.85. The predicted molar refractivity (Wildman–Crippen MR) is 164 cm³/mol. The zero-order chi connectivity index (χ0) is 26.9. The summed E-state index contributed by atoms with van der Waals surface area (Å²) in [5.74, 6) is -0.219. The number of aromatic nitrogens is 1. The van der Waals surface area contributed by atoms with Gasteiger partial charge in [-0.1, -0.05) is 83.9 Å². The van der Waals surface area contributed by atoms with Crippen molar-refractivity contribution in [3.8, 4) is 22.4 Å². The molecule has 2 N–H and O–H groups in total. The summed E-state index contributed by atoms with van der Waals surface area (Å²) < 4.78 is 0. The molecule has 0 aliphatic heterocycles. The Bertz CT molecular complexity index is 1750. The standard InChI is InChI=1S/C32H21Cl2N3OS/c33-22-15-11-20(12-16-22)26-19-27(21-13-17-23(34)18-14-21)36-31-28(26)29(35)30(39-31)32(38)37(24-7-3-1-4-8-24)25-9-5-2-6-10-25/h1-19H,35H2. The van der Waals surface area contributed by atoms with Crippen molar-refractivity contribution < 1.29 is 4.79 Å². The van der Waals surface area contributed by atoms with E-state index in [1.165, 1.54) is 11.3 Å². The van der Waals surface area contributed by atoms with Gasteiger partial charge in [-0.25, -0.2) is 4.98 Å². The molecule has 0 bridgehead atoms. The van der Waals surface area contributed by atoms with Gasteiger partial charge in [0.1, 0.15) is 9.71 Å². The molecule has 0 fully saturated rings. The average Bonchev–Trinajstić information content (AvgIpc) is 3.31. The number of halogens is 2. The third-order valence-electron chi connectivity index (χ3n) is 6.42. The SMILES string of the molecule is Nc1c(C(=O)N(c2ccccc2)c2ccccc2)sc2nc(-c3ccc(Cl)cc3)cc(-c3ccc(Cl)cc3)c12. The lowest BCUT2D eigenvalue weighted by Crippen LogP contribution is -2.25. The average molecular weight is 567 g/mol. The minimum Gasteiger partial charge on any atom is -0.397 e. The normalized spacial score (nSPS) is 11.0. The van der Waals surface area contributed by atoms with Gasteiger partial charge in [0, 0.05) is 32.4 Å². The van der Waals surface area contributed by atoms with Crippen LogP contribution in [0.4, 0.5) is 17.1 Å². The van der Waals surface area contributed by atoms with Gasteiger partial charge in [0.2, 0.25) is 0 Å². The molecule has 7 heteroatoms. The molecule has 0 spiro atoms. The number of nitrogens with two attached hydrogens (primary N) is 1. The topological polar surface area (TPSA) is 59.2 Å². The number of amides is 1. The van der Waals surface area contributed by atoms with Crippen molar-refractivity contribution in [2.24, 2.45) is 0 Å². The monoisotopic (exact) mass is 565 g/mol. The van der Waals surface area contributed by atoms with E-state index in [9.17, 15) is 4.79 Å². The summed E-state index contributed by atoms with van der Waals surface area (Å²) in [6.07, 6.45) is 0. The van der Waals surface area contributed by atoms with E-state index in [4.69, 9.17) is 33.9 Å². The van der Waals surface area contributed by atoms with Crippen LogP contribution in [0.1, 0.15) is 9.67 Å². The first kappa shape index (κ1) is 25.1. The summed E-state index contributed by atoms with van der Waals surface area (Å²) in [4.78, 5) is 21.9. The van der Waals surface area contributed by atoms with Gasteiger partial charge in [-0.3, -0.25) is 9.69 Å². The second-order valence-electron chi connectivity index (χ2n) is 8.91. The van der Waals surface area contributed by atoms with Gasteiger partial charge in [-0.05, 0) is 65.7 Å². The molecule has 4 nitrogen and oxygen atoms in total. The molecule has 4 aromatic carbocycles. The number of thiophene rings is 1. The lowest BCUT2D eigenvalue weighted by atomic mass is 9.99. The summed E-state index contributed by atoms with van der Waals surface area (Å²) in [7, 11) is 0. The van der Waals surface area contributed by atoms with Gasteiger partial charge >= 0.3 is 0 Å². The van der Waals surface area contributed by atoms with Crippen LogP contribution in [-0.4, -0.2) is 10.9 Å². The highest BCUT2D eigenvalue weighted by Crippen LogP contribution is 2.43. The van der Waals surface area contributed by atoms with E-state index in [1.54, 1.807) is 4.90 Å². The highest BCUT2D eigenvalue weighted by molar-refractivity contribution is 7.21. The molecule has 0 radical (unpaired) electrons. The molecule has 2 aromatic heterocycles. The van der Waals surface area contributed by atoms with Crippen molar-refractivity contribution in [1.29, 1.82) is 0 Å². The van der Waals surface area contributed by atoms with Crippen LogP contribution in [-0.2, 0) is 0 Å². The Hall–Kier alpha value is -4.16. The van der Waals surface area contributed by atoms with Crippen LogP contribution < -0.4 is 10.6 Å². The molecule has 1 amide bonds. The number of carbonyl (C=O) groups is 1. The number of pyridine rings is 1. The van der Waals surface area contributed by atoms with Gasteiger partial charge in [-0.2, -0.15) is 0 Å². The number of hydrogen-bond donors (Lipinski definition) is 1. The van der Waals surface area contributed by atoms with Crippen molar-refractivity contribution in [1.82, 2.24) is 4.98 Å². The number of rotatable bonds is 5. The van der Waals surface area contributed by atoms with E-state index in [-0.39, 0.29) is 5.91 Å². The lowest BCUT2D eigenvalue weighted by molar-refractivity contribution is 0.100. The maximum atomic E-state index is 14.2. The van der Waals surface area contributed by atoms with Crippen LogP contribution in [0.5, 0.6) is 0 Å². The number of nitrogens with zero attached hydrogens (tertiary/aromatic N) is 2. The maximum absolute atomic E-state index is 14.2. The quantitative estimate of drug-likeness (QED) is 0.226. The van der Waals surface area contributed by atoms with Gasteiger partial charge in [-0.15, -0.1) is 11.3 Å². The maximum Gasteiger partial charge on any atom is 0.275 e. The third-order valence-corrected chi connectivity index (χ3v) is 8.01. The lowest BCUT2D eigenvalue weighted by Gasteiger charge is -2.22. The second-order valence-corrected chi connectivity index (χ2v) is 10.8. The van der Waals surface area contributed by atoms with E-state index >= 15 is 0 Å². The molecule has 0 saturated heterocycles. The molecular formula is C32H21Cl2N3OS. The van der Waals surface area contributed by atoms with Crippen LogP contribution in [0.2, 0.25) is 10.0 Å². The molecule has 2 heterocycles. The molecule has 0 unspecified atom stereocenters. The van der Waals surface area contributed by atoms with Crippen LogP contribution in [0.25, 0.3) is 32.6 Å². The van der Waals surface area contributed by atoms with Crippen molar-refractivity contribution in [3.63, 3.8) is 0 Å². The van der Waals surface area contributed by atoms with Crippen molar-refractivity contribution in [3.05, 3.63) is 130 Å². The van der Waals surface area contributed by atoms with Crippen molar-refractivity contribution in [2.45, 2.75) is 0 Å². The van der Waals surface area contributed by atoms with Crippen LogP contribution in [0, 0.1) is 0 Å². The minimum atomic E-state index is -0.219. The minimum absolute atomic E-state index is 0.219. The van der Waals surface area contributed by atoms with Crippen molar-refractivity contribution >= 4 is 67.7 Å². The molecular weight excluding hydrogens is 545 g/mol. The molecule has 190 valence electrons. The number of fused-ring (bicyclic) bond motifs is 1. The molecule has 0 atom stereocenters. The number of anilines is 3. The Kier molecular flexibility index (Phi) is 6.79. The number of hydrogen-bond acceptors (Lipinski definition) is 4. The van der Waals surface area contributed by atoms with E-state index < -0.39 is 0 Å². The molecule has 0 aliphatic carbocycles. The van der Waals surface area contributed by atoms with Crippen LogP contribution in [0.3, 0.4) is 0 Å². The highest BCUT2D eigenvalue weighted by atomic mass is 35.5. The fourth-order valence-electron chi connectivity index (χ4n) is 4.54. The summed E-state index contributed by atoms with van der Waals surface area (Å²) in [5.41, 5.74) is 12.2. The molecule has 39 heavy (non-hydrogen) atoms. The fraction of sp³-hybridized carbons (Fsp3) is 0. The molecule has 6 rings (SSSR count). The Morgan fingerprint density at radius 3 is 1.77 bits per heavy atom. The number of carbonyl (C=O) groups excluding carboxylic acids is 1. The number of benzene rings is 4. The Balaban J connectivity index is 1.57. The molecule has 6 aromatic rings. The summed E-state index contributed by atoms with van der Waals surface area (Å²) in [6.45, 7) is 0. The van der Waals surface area contributed by atoms with Gasteiger partial charge in [0.25, 0.3) is 5.91 Å². The second kappa shape index (κ2) is 10.5. The first-order valence-electron chi connectivity index (χ1n) is 12.2. The van der Waals surface area contributed by atoms with E-state index in [0.717, 1.165) is 39.1 Å². The molecule has 0 aliphatic rings. The Morgan fingerprint density at radius 1 is 0.718 bits per heavy atom. The highest BCUT2D eigenvalue weighted by Gasteiger charge is 2.27. The molecule has 0 saturated carbocycles. The summed E-state index contributed by atoms with van der Waals surface area (Å²) in [6, 6.07) is 36.2. The number of nitrogen functional groups attached to an aromatic ring is 1. The van der Waals surface area contributed by atoms with Crippen LogP contribution in [0.15, 0.2) is 115 Å². The predicted octanol–water partition coefficient (Wildman–Crippen LogP) is 9.50. The summed E-state index contributed by atoms with van der Waals surface area (Å²) in [5, 5.41) is 2.02. The zero-order valence-corrected chi connectivity index (χ0v) is 22.8. The van der Waals surface area contributed by atoms with Gasteiger partial charge < -0.3 is 5.73 Å². The smallest absolute Gasteiger partial charge is 0.275 e.